The van der Waals surface area contributed by atoms with Crippen molar-refractivity contribution in [3.05, 3.63) is 27.7 Å². The predicted octanol–water partition coefficient (Wildman–Crippen LogP) is 0.216. The van der Waals surface area contributed by atoms with Crippen molar-refractivity contribution in [1.29, 1.82) is 0 Å². The zero-order valence-electron chi connectivity index (χ0n) is 10.1. The minimum Gasteiger partial charge on any atom is -0.507 e. The number of nitrogens with zero attached hydrogens (tertiary/aromatic N) is 1. The number of aromatic hydroxyl groups is 1. The minimum absolute atomic E-state index is 0.0610. The maximum atomic E-state index is 12.0. The van der Waals surface area contributed by atoms with Gasteiger partial charge in [0.15, 0.2) is 0 Å². The van der Waals surface area contributed by atoms with Crippen LogP contribution in [-0.2, 0) is 11.5 Å². The van der Waals surface area contributed by atoms with Crippen molar-refractivity contribution < 1.29 is 14.6 Å². The first-order valence-corrected chi connectivity index (χ1v) is 5.26. The van der Waals surface area contributed by atoms with Gasteiger partial charge in [0, 0.05) is 25.4 Å². The first-order chi connectivity index (χ1) is 8.02. The van der Waals surface area contributed by atoms with Gasteiger partial charge >= 0.3 is 0 Å². The van der Waals surface area contributed by atoms with Gasteiger partial charge in [-0.2, -0.15) is 0 Å². The van der Waals surface area contributed by atoms with E-state index in [1.165, 1.54) is 17.7 Å². The van der Waals surface area contributed by atoms with E-state index in [1.807, 2.05) is 0 Å². The van der Waals surface area contributed by atoms with E-state index in [1.54, 1.807) is 13.8 Å². The Bertz CT molecular complexity index is 479. The highest BCUT2D eigenvalue weighted by atomic mass is 16.5. The molecule has 2 N–H and O–H groups in total. The van der Waals surface area contributed by atoms with E-state index in [-0.39, 0.29) is 18.0 Å². The maximum absolute atomic E-state index is 12.0. The molecule has 1 aromatic rings. The molecule has 1 rings (SSSR count). The Morgan fingerprint density at radius 3 is 2.76 bits per heavy atom. The van der Waals surface area contributed by atoms with E-state index in [0.717, 1.165) is 0 Å². The van der Waals surface area contributed by atoms with Crippen LogP contribution in [0.4, 0.5) is 0 Å². The lowest BCUT2D eigenvalue weighted by Crippen LogP contribution is -2.33. The van der Waals surface area contributed by atoms with Crippen molar-refractivity contribution >= 4 is 5.91 Å². The monoisotopic (exact) mass is 240 g/mol. The fraction of sp³-hybridized carbons (Fsp3) is 0.455. The lowest BCUT2D eigenvalue weighted by Gasteiger charge is -2.12. The molecular weight excluding hydrogens is 224 g/mol. The normalized spacial score (nSPS) is 10.3. The molecule has 6 nitrogen and oxygen atoms in total. The number of carbonyl (C=O) groups is 1. The van der Waals surface area contributed by atoms with Crippen molar-refractivity contribution in [1.82, 2.24) is 9.88 Å². The van der Waals surface area contributed by atoms with Crippen LogP contribution in [0.5, 0.6) is 5.75 Å². The van der Waals surface area contributed by atoms with Gasteiger partial charge in [0.1, 0.15) is 18.0 Å². The second-order valence-corrected chi connectivity index (χ2v) is 3.48. The largest absolute Gasteiger partial charge is 0.507 e. The Labute approximate surface area is 98.8 Å². The zero-order chi connectivity index (χ0) is 13.0. The molecule has 1 amide bonds. The molecule has 0 fully saturated rings. The molecule has 1 aromatic heterocycles. The van der Waals surface area contributed by atoms with Crippen LogP contribution >= 0.6 is 0 Å². The summed E-state index contributed by atoms with van der Waals surface area (Å²) in [5, 5.41) is 11.9. The van der Waals surface area contributed by atoms with E-state index < -0.39 is 11.5 Å². The van der Waals surface area contributed by atoms with E-state index in [0.29, 0.717) is 12.3 Å². The molecule has 0 atom stereocenters. The van der Waals surface area contributed by atoms with Crippen molar-refractivity contribution in [2.45, 2.75) is 20.6 Å². The highest BCUT2D eigenvalue weighted by Crippen LogP contribution is 2.14. The Morgan fingerprint density at radius 2 is 2.24 bits per heavy atom. The van der Waals surface area contributed by atoms with Gasteiger partial charge in [-0.05, 0) is 13.8 Å². The number of aryl methyl sites for hydroxylation is 1. The molecule has 6 heteroatoms. The summed E-state index contributed by atoms with van der Waals surface area (Å²) in [5.74, 6) is -0.933. The van der Waals surface area contributed by atoms with Crippen molar-refractivity contribution in [2.75, 3.05) is 13.7 Å². The third kappa shape index (κ3) is 2.65. The Hall–Kier alpha value is -1.82. The van der Waals surface area contributed by atoms with Crippen LogP contribution in [-0.4, -0.2) is 29.2 Å². The van der Waals surface area contributed by atoms with Crippen LogP contribution in [0, 0.1) is 6.92 Å². The summed E-state index contributed by atoms with van der Waals surface area (Å²) in [5.41, 5.74) is -0.290. The van der Waals surface area contributed by atoms with Gasteiger partial charge in [0.2, 0.25) is 0 Å². The minimum atomic E-state index is -0.613. The zero-order valence-corrected chi connectivity index (χ0v) is 10.1. The number of nitrogens with one attached hydrogen (secondary N) is 1. The maximum Gasteiger partial charge on any atom is 0.269 e. The van der Waals surface area contributed by atoms with Crippen molar-refractivity contribution in [3.63, 3.8) is 0 Å². The number of ether oxygens (including phenoxy) is 1. The number of rotatable bonds is 4. The first-order valence-electron chi connectivity index (χ1n) is 5.26. The number of hydrogen-bond donors (Lipinski definition) is 2. The van der Waals surface area contributed by atoms with Gasteiger partial charge < -0.3 is 15.2 Å². The molecule has 0 saturated heterocycles. The Morgan fingerprint density at radius 1 is 1.59 bits per heavy atom. The average Bonchev–Trinajstić information content (AvgIpc) is 2.28. The van der Waals surface area contributed by atoms with E-state index in [4.69, 9.17) is 4.74 Å². The summed E-state index contributed by atoms with van der Waals surface area (Å²) >= 11 is 0. The number of amides is 1. The molecule has 0 spiro atoms. The molecular formula is C11H16N2O4. The van der Waals surface area contributed by atoms with Crippen molar-refractivity contribution in [3.8, 4) is 5.75 Å². The third-order valence-corrected chi connectivity index (χ3v) is 2.37. The van der Waals surface area contributed by atoms with E-state index in [9.17, 15) is 14.7 Å². The number of aromatic nitrogens is 1. The second kappa shape index (κ2) is 5.49. The molecule has 0 aliphatic heterocycles. The number of hydrogen-bond acceptors (Lipinski definition) is 4. The van der Waals surface area contributed by atoms with Crippen LogP contribution < -0.4 is 10.9 Å². The summed E-state index contributed by atoms with van der Waals surface area (Å²) in [6.07, 6.45) is 0. The Kier molecular flexibility index (Phi) is 4.28. The van der Waals surface area contributed by atoms with Gasteiger partial charge in [-0.25, -0.2) is 0 Å². The quantitative estimate of drug-likeness (QED) is 0.788. The molecule has 0 bridgehead atoms. The molecule has 0 saturated carbocycles. The predicted molar refractivity (Wildman–Crippen MR) is 62.1 cm³/mol. The fourth-order valence-corrected chi connectivity index (χ4v) is 1.43. The molecule has 94 valence electrons. The summed E-state index contributed by atoms with van der Waals surface area (Å²) < 4.78 is 6.44. The van der Waals surface area contributed by atoms with Gasteiger partial charge in [0.05, 0.1) is 0 Å². The van der Waals surface area contributed by atoms with Crippen molar-refractivity contribution in [2.24, 2.45) is 0 Å². The highest BCUT2D eigenvalue weighted by molar-refractivity contribution is 5.96. The number of pyridine rings is 1. The van der Waals surface area contributed by atoms with Crippen LogP contribution in [0.1, 0.15) is 23.0 Å². The smallest absolute Gasteiger partial charge is 0.269 e. The van der Waals surface area contributed by atoms with Crippen LogP contribution in [0.2, 0.25) is 0 Å². The SMILES string of the molecule is CCOCn1c(C)cc(O)c(C(=O)NC)c1=O. The molecule has 0 aromatic carbocycles. The number of carbonyl (C=O) groups excluding carboxylic acids is 1. The lowest BCUT2D eigenvalue weighted by molar-refractivity contribution is 0.0828. The first kappa shape index (κ1) is 13.2. The molecule has 0 radical (unpaired) electrons. The van der Waals surface area contributed by atoms with Gasteiger partial charge in [-0.3, -0.25) is 14.2 Å². The standard InChI is InChI=1S/C11H16N2O4/c1-4-17-6-13-7(2)5-8(14)9(11(13)16)10(15)12-3/h5,14H,4,6H2,1-3H3,(H,12,15). The van der Waals surface area contributed by atoms with E-state index >= 15 is 0 Å². The van der Waals surface area contributed by atoms with Crippen LogP contribution in [0.25, 0.3) is 0 Å². The summed E-state index contributed by atoms with van der Waals surface area (Å²) in [7, 11) is 1.40. The topological polar surface area (TPSA) is 80.6 Å². The van der Waals surface area contributed by atoms with Gasteiger partial charge in [0.25, 0.3) is 11.5 Å². The summed E-state index contributed by atoms with van der Waals surface area (Å²) in [4.78, 5) is 23.4. The molecule has 0 aliphatic rings. The third-order valence-electron chi connectivity index (χ3n) is 2.37. The summed E-state index contributed by atoms with van der Waals surface area (Å²) in [6.45, 7) is 3.99. The van der Waals surface area contributed by atoms with Crippen LogP contribution in [0.3, 0.4) is 0 Å². The van der Waals surface area contributed by atoms with Gasteiger partial charge in [-0.15, -0.1) is 0 Å². The molecule has 1 heterocycles. The highest BCUT2D eigenvalue weighted by Gasteiger charge is 2.18. The molecule has 17 heavy (non-hydrogen) atoms. The average molecular weight is 240 g/mol. The Balaban J connectivity index is 3.33. The van der Waals surface area contributed by atoms with Gasteiger partial charge in [-0.1, -0.05) is 0 Å². The molecule has 0 unspecified atom stereocenters. The second-order valence-electron chi connectivity index (χ2n) is 3.48. The summed E-state index contributed by atoms with van der Waals surface area (Å²) in [6, 6.07) is 1.37. The fourth-order valence-electron chi connectivity index (χ4n) is 1.43. The lowest BCUT2D eigenvalue weighted by atomic mass is 10.2. The molecule has 0 aliphatic carbocycles. The van der Waals surface area contributed by atoms with Crippen LogP contribution in [0.15, 0.2) is 10.9 Å². The van der Waals surface area contributed by atoms with E-state index in [2.05, 4.69) is 5.32 Å².